The number of hydrogen-bond donors (Lipinski definition) is 3. The van der Waals surface area contributed by atoms with Crippen molar-refractivity contribution in [3.05, 3.63) is 50.7 Å². The van der Waals surface area contributed by atoms with E-state index in [-0.39, 0.29) is 17.9 Å². The van der Waals surface area contributed by atoms with Crippen molar-refractivity contribution in [2.24, 2.45) is 14.1 Å². The Morgan fingerprint density at radius 2 is 1.68 bits per heavy atom. The summed E-state index contributed by atoms with van der Waals surface area (Å²) in [6.07, 6.45) is 0.0612. The molecule has 0 atom stereocenters. The lowest BCUT2D eigenvalue weighted by molar-refractivity contribution is -0.115. The largest absolute Gasteiger partial charge is 0.399 e. The van der Waals surface area contributed by atoms with Crippen LogP contribution in [0.25, 0.3) is 0 Å². The third-order valence-corrected chi connectivity index (χ3v) is 3.32. The molecule has 1 aromatic heterocycles. The van der Waals surface area contributed by atoms with E-state index in [0.717, 1.165) is 14.7 Å². The van der Waals surface area contributed by atoms with Gasteiger partial charge in [-0.3, -0.25) is 18.7 Å². The molecule has 2 rings (SSSR count). The predicted molar refractivity (Wildman–Crippen MR) is 84.5 cm³/mol. The molecular weight excluding hydrogens is 286 g/mol. The minimum atomic E-state index is -0.647. The Bertz CT molecular complexity index is 833. The van der Waals surface area contributed by atoms with Crippen molar-refractivity contribution in [1.29, 1.82) is 0 Å². The van der Waals surface area contributed by atoms with Gasteiger partial charge in [-0.1, -0.05) is 12.1 Å². The summed E-state index contributed by atoms with van der Waals surface area (Å²) in [4.78, 5) is 35.8. The average Bonchev–Trinajstić information content (AvgIpc) is 2.50. The molecule has 0 radical (unpaired) electrons. The van der Waals surface area contributed by atoms with Crippen LogP contribution in [-0.2, 0) is 25.3 Å². The lowest BCUT2D eigenvalue weighted by Crippen LogP contribution is -2.40. The molecule has 0 fully saturated rings. The molecule has 2 aromatic rings. The standard InChI is InChI=1S/C14H17N5O3/c1-18-12(16)11(13(21)19(2)14(18)22)17-10(20)7-8-3-5-9(15)6-4-8/h3-6H,7,15-16H2,1-2H3,(H,17,20). The van der Waals surface area contributed by atoms with Gasteiger partial charge in [0.05, 0.1) is 6.42 Å². The van der Waals surface area contributed by atoms with Crippen LogP contribution in [0.3, 0.4) is 0 Å². The summed E-state index contributed by atoms with van der Waals surface area (Å²) < 4.78 is 1.98. The summed E-state index contributed by atoms with van der Waals surface area (Å²) in [5.74, 6) is -0.494. The van der Waals surface area contributed by atoms with Crippen molar-refractivity contribution in [2.45, 2.75) is 6.42 Å². The fourth-order valence-corrected chi connectivity index (χ4v) is 1.98. The first-order valence-corrected chi connectivity index (χ1v) is 6.51. The second kappa shape index (κ2) is 5.76. The summed E-state index contributed by atoms with van der Waals surface area (Å²) >= 11 is 0. The summed E-state index contributed by atoms with van der Waals surface area (Å²) in [5.41, 5.74) is 11.3. The first-order valence-electron chi connectivity index (χ1n) is 6.51. The number of rotatable bonds is 3. The van der Waals surface area contributed by atoms with Crippen LogP contribution in [0.1, 0.15) is 5.56 Å². The minimum Gasteiger partial charge on any atom is -0.399 e. The molecule has 0 aliphatic rings. The SMILES string of the molecule is Cn1c(N)c(NC(=O)Cc2ccc(N)cc2)c(=O)n(C)c1=O. The van der Waals surface area contributed by atoms with Crippen molar-refractivity contribution in [1.82, 2.24) is 9.13 Å². The fourth-order valence-electron chi connectivity index (χ4n) is 1.98. The third-order valence-electron chi connectivity index (χ3n) is 3.32. The van der Waals surface area contributed by atoms with Crippen molar-refractivity contribution in [3.63, 3.8) is 0 Å². The number of nitrogens with zero attached hydrogens (tertiary/aromatic N) is 2. The van der Waals surface area contributed by atoms with E-state index in [1.807, 2.05) is 0 Å². The number of nitrogens with one attached hydrogen (secondary N) is 1. The van der Waals surface area contributed by atoms with Crippen molar-refractivity contribution in [3.8, 4) is 0 Å². The van der Waals surface area contributed by atoms with Gasteiger partial charge in [-0.15, -0.1) is 0 Å². The molecule has 1 heterocycles. The molecule has 0 aliphatic carbocycles. The van der Waals surface area contributed by atoms with E-state index in [1.54, 1.807) is 24.3 Å². The van der Waals surface area contributed by atoms with Crippen LogP contribution >= 0.6 is 0 Å². The van der Waals surface area contributed by atoms with E-state index in [4.69, 9.17) is 11.5 Å². The Morgan fingerprint density at radius 3 is 2.27 bits per heavy atom. The van der Waals surface area contributed by atoms with Crippen LogP contribution < -0.4 is 28.0 Å². The molecule has 0 unspecified atom stereocenters. The predicted octanol–water partition coefficient (Wildman–Crippen LogP) is -0.570. The number of benzene rings is 1. The van der Waals surface area contributed by atoms with Gasteiger partial charge in [-0.05, 0) is 17.7 Å². The number of nitrogen functional groups attached to an aromatic ring is 2. The summed E-state index contributed by atoms with van der Waals surface area (Å²) in [6, 6.07) is 6.80. The molecule has 8 heteroatoms. The number of anilines is 3. The van der Waals surface area contributed by atoms with Crippen molar-refractivity contribution >= 4 is 23.1 Å². The van der Waals surface area contributed by atoms with Gasteiger partial charge in [0.1, 0.15) is 11.5 Å². The third kappa shape index (κ3) is 2.85. The molecule has 0 spiro atoms. The maximum absolute atomic E-state index is 12.0. The van der Waals surface area contributed by atoms with E-state index in [0.29, 0.717) is 5.69 Å². The zero-order valence-corrected chi connectivity index (χ0v) is 12.3. The van der Waals surface area contributed by atoms with E-state index >= 15 is 0 Å². The lowest BCUT2D eigenvalue weighted by Gasteiger charge is -2.12. The van der Waals surface area contributed by atoms with Crippen LogP contribution in [0.5, 0.6) is 0 Å². The van der Waals surface area contributed by atoms with E-state index in [2.05, 4.69) is 5.32 Å². The Morgan fingerprint density at radius 1 is 1.09 bits per heavy atom. The van der Waals surface area contributed by atoms with Gasteiger partial charge in [0.15, 0.2) is 0 Å². The highest BCUT2D eigenvalue weighted by Gasteiger charge is 2.15. The van der Waals surface area contributed by atoms with Gasteiger partial charge >= 0.3 is 5.69 Å². The molecule has 5 N–H and O–H groups in total. The first kappa shape index (κ1) is 15.4. The second-order valence-corrected chi connectivity index (χ2v) is 4.93. The van der Waals surface area contributed by atoms with E-state index in [1.165, 1.54) is 14.1 Å². The Labute approximate surface area is 126 Å². The molecule has 0 aliphatic heterocycles. The van der Waals surface area contributed by atoms with E-state index < -0.39 is 17.2 Å². The number of aromatic nitrogens is 2. The number of hydrogen-bond acceptors (Lipinski definition) is 5. The smallest absolute Gasteiger partial charge is 0.332 e. The van der Waals surface area contributed by atoms with Gasteiger partial charge in [-0.25, -0.2) is 4.79 Å². The zero-order valence-electron chi connectivity index (χ0n) is 12.3. The van der Waals surface area contributed by atoms with E-state index in [9.17, 15) is 14.4 Å². The normalized spacial score (nSPS) is 10.5. The molecule has 1 amide bonds. The first-order chi connectivity index (χ1) is 10.3. The maximum atomic E-state index is 12.0. The highest BCUT2D eigenvalue weighted by atomic mass is 16.2. The highest BCUT2D eigenvalue weighted by molar-refractivity contribution is 5.94. The second-order valence-electron chi connectivity index (χ2n) is 4.93. The highest BCUT2D eigenvalue weighted by Crippen LogP contribution is 2.11. The summed E-state index contributed by atoms with van der Waals surface area (Å²) in [6.45, 7) is 0. The van der Waals surface area contributed by atoms with Crippen molar-refractivity contribution in [2.75, 3.05) is 16.8 Å². The summed E-state index contributed by atoms with van der Waals surface area (Å²) in [5, 5.41) is 2.46. The fraction of sp³-hybridized carbons (Fsp3) is 0.214. The number of nitrogens with two attached hydrogens (primary N) is 2. The van der Waals surface area contributed by atoms with Crippen LogP contribution in [0.2, 0.25) is 0 Å². The minimum absolute atomic E-state index is 0.0612. The number of carbonyl (C=O) groups is 1. The number of carbonyl (C=O) groups excluding carboxylic acids is 1. The van der Waals surface area contributed by atoms with Crippen LogP contribution in [-0.4, -0.2) is 15.0 Å². The maximum Gasteiger partial charge on any atom is 0.332 e. The van der Waals surface area contributed by atoms with Crippen LogP contribution in [0, 0.1) is 0 Å². The quantitative estimate of drug-likeness (QED) is 0.655. The Balaban J connectivity index is 2.28. The zero-order chi connectivity index (χ0) is 16.4. The van der Waals surface area contributed by atoms with Crippen LogP contribution in [0.4, 0.5) is 17.2 Å². The molecule has 8 nitrogen and oxygen atoms in total. The van der Waals surface area contributed by atoms with Crippen molar-refractivity contribution < 1.29 is 4.79 Å². The topological polar surface area (TPSA) is 125 Å². The van der Waals surface area contributed by atoms with Crippen LogP contribution in [0.15, 0.2) is 33.9 Å². The molecule has 0 saturated heterocycles. The average molecular weight is 303 g/mol. The van der Waals surface area contributed by atoms with Gasteiger partial charge in [-0.2, -0.15) is 0 Å². The molecule has 0 bridgehead atoms. The number of amides is 1. The lowest BCUT2D eigenvalue weighted by atomic mass is 10.1. The molecule has 116 valence electrons. The van der Waals surface area contributed by atoms with Gasteiger partial charge in [0, 0.05) is 19.8 Å². The molecular formula is C14H17N5O3. The van der Waals surface area contributed by atoms with Gasteiger partial charge in [0.25, 0.3) is 5.56 Å². The Kier molecular flexibility index (Phi) is 4.02. The molecule has 0 saturated carbocycles. The van der Waals surface area contributed by atoms with Gasteiger partial charge in [0.2, 0.25) is 5.91 Å². The molecule has 22 heavy (non-hydrogen) atoms. The molecule has 1 aromatic carbocycles. The Hall–Kier alpha value is -3.03. The summed E-state index contributed by atoms with van der Waals surface area (Å²) in [7, 11) is 2.74. The monoisotopic (exact) mass is 303 g/mol. The van der Waals surface area contributed by atoms with Gasteiger partial charge < -0.3 is 16.8 Å².